The molecule has 0 atom stereocenters. The van der Waals surface area contributed by atoms with E-state index in [2.05, 4.69) is 4.98 Å². The zero-order chi connectivity index (χ0) is 17.8. The number of hydrogen-bond acceptors (Lipinski definition) is 3. The summed E-state index contributed by atoms with van der Waals surface area (Å²) < 4.78 is 7.50. The Hall–Kier alpha value is -2.24. The summed E-state index contributed by atoms with van der Waals surface area (Å²) >= 11 is 11.9. The molecule has 2 aromatic heterocycles. The molecule has 0 spiro atoms. The van der Waals surface area contributed by atoms with Gasteiger partial charge in [0.05, 0.1) is 23.5 Å². The monoisotopic (exact) mass is 377 g/mol. The van der Waals surface area contributed by atoms with E-state index in [9.17, 15) is 4.79 Å². The molecule has 2 heterocycles. The minimum absolute atomic E-state index is 0.0913. The standard InChI is InChI=1S/C18H17Cl2N3O2/c1-2-22(11-14-10-21-17-5-3-4-8-23(14)17)18(24)12-25-16-7-6-13(19)9-15(16)20/h3-10H,2,11-12H2,1H3. The van der Waals surface area contributed by atoms with Crippen molar-refractivity contribution in [3.05, 3.63) is 64.5 Å². The number of hydrogen-bond donors (Lipinski definition) is 0. The number of carbonyl (C=O) groups is 1. The van der Waals surface area contributed by atoms with E-state index in [1.165, 1.54) is 0 Å². The van der Waals surface area contributed by atoms with Gasteiger partial charge in [0.1, 0.15) is 11.4 Å². The number of fused-ring (bicyclic) bond motifs is 1. The van der Waals surface area contributed by atoms with Crippen LogP contribution in [-0.4, -0.2) is 33.3 Å². The van der Waals surface area contributed by atoms with Crippen molar-refractivity contribution in [3.8, 4) is 5.75 Å². The molecule has 0 bridgehead atoms. The molecular weight excluding hydrogens is 361 g/mol. The molecule has 1 aromatic carbocycles. The van der Waals surface area contributed by atoms with Crippen molar-refractivity contribution in [3.63, 3.8) is 0 Å². The predicted octanol–water partition coefficient (Wildman–Crippen LogP) is 4.07. The van der Waals surface area contributed by atoms with E-state index in [1.807, 2.05) is 35.7 Å². The van der Waals surface area contributed by atoms with E-state index < -0.39 is 0 Å². The number of halogens is 2. The van der Waals surface area contributed by atoms with Crippen molar-refractivity contribution in [1.29, 1.82) is 0 Å². The molecule has 0 saturated carbocycles. The smallest absolute Gasteiger partial charge is 0.260 e. The zero-order valence-corrected chi connectivity index (χ0v) is 15.2. The molecule has 0 N–H and O–H groups in total. The van der Waals surface area contributed by atoms with Crippen LogP contribution in [0.5, 0.6) is 5.75 Å². The van der Waals surface area contributed by atoms with Gasteiger partial charge in [-0.1, -0.05) is 29.3 Å². The van der Waals surface area contributed by atoms with Gasteiger partial charge in [-0.2, -0.15) is 0 Å². The number of aromatic nitrogens is 2. The lowest BCUT2D eigenvalue weighted by atomic mass is 10.3. The van der Waals surface area contributed by atoms with Gasteiger partial charge in [0.25, 0.3) is 5.91 Å². The van der Waals surface area contributed by atoms with E-state index in [0.717, 1.165) is 11.3 Å². The van der Waals surface area contributed by atoms with Crippen LogP contribution in [0.25, 0.3) is 5.65 Å². The second kappa shape index (κ2) is 7.76. The van der Waals surface area contributed by atoms with E-state index in [-0.39, 0.29) is 12.5 Å². The summed E-state index contributed by atoms with van der Waals surface area (Å²) in [5.74, 6) is 0.310. The molecule has 0 fully saturated rings. The van der Waals surface area contributed by atoms with Crippen LogP contribution in [0.15, 0.2) is 48.8 Å². The van der Waals surface area contributed by atoms with Crippen LogP contribution in [0.3, 0.4) is 0 Å². The van der Waals surface area contributed by atoms with Gasteiger partial charge in [-0.25, -0.2) is 4.98 Å². The van der Waals surface area contributed by atoms with Gasteiger partial charge < -0.3 is 14.0 Å². The summed E-state index contributed by atoms with van der Waals surface area (Å²) in [5, 5.41) is 0.900. The maximum atomic E-state index is 12.5. The number of rotatable bonds is 6. The molecule has 3 rings (SSSR count). The molecule has 25 heavy (non-hydrogen) atoms. The molecule has 130 valence electrons. The Kier molecular flexibility index (Phi) is 5.46. The lowest BCUT2D eigenvalue weighted by Gasteiger charge is -2.21. The van der Waals surface area contributed by atoms with Crippen LogP contribution in [-0.2, 0) is 11.3 Å². The molecule has 0 aliphatic rings. The van der Waals surface area contributed by atoms with Crippen LogP contribution in [0.2, 0.25) is 10.0 Å². The van der Waals surface area contributed by atoms with Gasteiger partial charge in [0, 0.05) is 17.8 Å². The Morgan fingerprint density at radius 1 is 1.28 bits per heavy atom. The van der Waals surface area contributed by atoms with Crippen molar-refractivity contribution in [2.45, 2.75) is 13.5 Å². The normalized spacial score (nSPS) is 10.8. The van der Waals surface area contributed by atoms with Crippen molar-refractivity contribution in [1.82, 2.24) is 14.3 Å². The molecule has 5 nitrogen and oxygen atoms in total. The van der Waals surface area contributed by atoms with Crippen LogP contribution in [0, 0.1) is 0 Å². The average Bonchev–Trinajstić information content (AvgIpc) is 3.01. The van der Waals surface area contributed by atoms with E-state index in [4.69, 9.17) is 27.9 Å². The van der Waals surface area contributed by atoms with E-state index in [1.54, 1.807) is 29.3 Å². The summed E-state index contributed by atoms with van der Waals surface area (Å²) in [6.45, 7) is 2.86. The maximum absolute atomic E-state index is 12.5. The first-order valence-corrected chi connectivity index (χ1v) is 8.60. The lowest BCUT2D eigenvalue weighted by Crippen LogP contribution is -2.34. The number of benzene rings is 1. The van der Waals surface area contributed by atoms with E-state index >= 15 is 0 Å². The number of pyridine rings is 1. The van der Waals surface area contributed by atoms with Crippen LogP contribution >= 0.6 is 23.2 Å². The summed E-state index contributed by atoms with van der Waals surface area (Å²) in [5.41, 5.74) is 1.79. The number of imidazole rings is 1. The summed E-state index contributed by atoms with van der Waals surface area (Å²) in [6.07, 6.45) is 3.71. The Bertz CT molecular complexity index is 895. The van der Waals surface area contributed by atoms with Gasteiger partial charge in [-0.05, 0) is 37.3 Å². The largest absolute Gasteiger partial charge is 0.482 e. The highest BCUT2D eigenvalue weighted by atomic mass is 35.5. The molecule has 0 aliphatic carbocycles. The third kappa shape index (κ3) is 4.06. The third-order valence-corrected chi connectivity index (χ3v) is 4.36. The SMILES string of the molecule is CCN(Cc1cnc2ccccn12)C(=O)COc1ccc(Cl)cc1Cl. The van der Waals surface area contributed by atoms with Crippen molar-refractivity contribution < 1.29 is 9.53 Å². The average molecular weight is 378 g/mol. The molecule has 1 amide bonds. The van der Waals surface area contributed by atoms with Crippen LogP contribution < -0.4 is 4.74 Å². The van der Waals surface area contributed by atoms with Crippen molar-refractivity contribution >= 4 is 34.8 Å². The highest BCUT2D eigenvalue weighted by Crippen LogP contribution is 2.27. The molecule has 0 saturated heterocycles. The van der Waals surface area contributed by atoms with Gasteiger partial charge >= 0.3 is 0 Å². The second-order valence-electron chi connectivity index (χ2n) is 5.45. The number of likely N-dealkylation sites (N-methyl/N-ethyl adjacent to an activating group) is 1. The third-order valence-electron chi connectivity index (χ3n) is 3.83. The van der Waals surface area contributed by atoms with Crippen LogP contribution in [0.4, 0.5) is 0 Å². The second-order valence-corrected chi connectivity index (χ2v) is 6.29. The van der Waals surface area contributed by atoms with Crippen molar-refractivity contribution in [2.75, 3.05) is 13.2 Å². The number of nitrogens with zero attached hydrogens (tertiary/aromatic N) is 3. The quantitative estimate of drug-likeness (QED) is 0.650. The highest BCUT2D eigenvalue weighted by molar-refractivity contribution is 6.35. The lowest BCUT2D eigenvalue weighted by molar-refractivity contribution is -0.133. The Morgan fingerprint density at radius 3 is 2.88 bits per heavy atom. The summed E-state index contributed by atoms with van der Waals surface area (Å²) in [4.78, 5) is 18.5. The minimum atomic E-state index is -0.126. The Labute approximate surface area is 155 Å². The van der Waals surface area contributed by atoms with Crippen molar-refractivity contribution in [2.24, 2.45) is 0 Å². The fraction of sp³-hybridized carbons (Fsp3) is 0.222. The zero-order valence-electron chi connectivity index (χ0n) is 13.7. The topological polar surface area (TPSA) is 46.8 Å². The molecular formula is C18H17Cl2N3O2. The molecule has 0 aliphatic heterocycles. The number of carbonyl (C=O) groups excluding carboxylic acids is 1. The number of ether oxygens (including phenoxy) is 1. The first-order valence-electron chi connectivity index (χ1n) is 7.85. The number of amides is 1. The molecule has 0 unspecified atom stereocenters. The van der Waals surface area contributed by atoms with Crippen LogP contribution in [0.1, 0.15) is 12.6 Å². The fourth-order valence-electron chi connectivity index (χ4n) is 2.50. The van der Waals surface area contributed by atoms with Gasteiger partial charge in [-0.15, -0.1) is 0 Å². The Morgan fingerprint density at radius 2 is 2.12 bits per heavy atom. The fourth-order valence-corrected chi connectivity index (χ4v) is 2.96. The molecule has 7 heteroatoms. The summed E-state index contributed by atoms with van der Waals surface area (Å²) in [6, 6.07) is 10.7. The van der Waals surface area contributed by atoms with Gasteiger partial charge in [0.2, 0.25) is 0 Å². The Balaban J connectivity index is 1.67. The van der Waals surface area contributed by atoms with E-state index in [0.29, 0.717) is 28.9 Å². The molecule has 0 radical (unpaired) electrons. The van der Waals surface area contributed by atoms with Gasteiger partial charge in [-0.3, -0.25) is 4.79 Å². The van der Waals surface area contributed by atoms with Gasteiger partial charge in [0.15, 0.2) is 6.61 Å². The minimum Gasteiger partial charge on any atom is -0.482 e. The first kappa shape index (κ1) is 17.6. The summed E-state index contributed by atoms with van der Waals surface area (Å²) in [7, 11) is 0. The molecule has 3 aromatic rings. The maximum Gasteiger partial charge on any atom is 0.260 e. The predicted molar refractivity (Wildman–Crippen MR) is 98.2 cm³/mol. The highest BCUT2D eigenvalue weighted by Gasteiger charge is 2.16. The first-order chi connectivity index (χ1) is 12.1.